The maximum Gasteiger partial charge on any atom is 0.253 e. The van der Waals surface area contributed by atoms with E-state index in [1.807, 2.05) is 48.2 Å². The highest BCUT2D eigenvalue weighted by Gasteiger charge is 2.21. The summed E-state index contributed by atoms with van der Waals surface area (Å²) in [7, 11) is 0. The molecule has 0 aliphatic carbocycles. The zero-order valence-corrected chi connectivity index (χ0v) is 13.5. The molecule has 1 fully saturated rings. The van der Waals surface area contributed by atoms with Gasteiger partial charge < -0.3 is 10.6 Å². The third-order valence-electron chi connectivity index (χ3n) is 4.34. The van der Waals surface area contributed by atoms with E-state index in [9.17, 15) is 4.79 Å². The first kappa shape index (κ1) is 15.6. The van der Waals surface area contributed by atoms with Crippen LogP contribution < -0.4 is 5.73 Å². The molecule has 3 rings (SSSR count). The number of nitrogens with two attached hydrogens (primary N) is 1. The first-order valence-corrected chi connectivity index (χ1v) is 8.04. The minimum Gasteiger partial charge on any atom is -0.399 e. The van der Waals surface area contributed by atoms with Gasteiger partial charge in [-0.15, -0.1) is 0 Å². The van der Waals surface area contributed by atoms with Crippen LogP contribution in [0.5, 0.6) is 0 Å². The number of hydrogen-bond donors (Lipinski definition) is 1. The summed E-state index contributed by atoms with van der Waals surface area (Å²) in [5.41, 5.74) is 9.73. The molecule has 4 heteroatoms. The summed E-state index contributed by atoms with van der Waals surface area (Å²) in [6.07, 6.45) is 0. The van der Waals surface area contributed by atoms with Crippen LogP contribution in [-0.2, 0) is 6.54 Å². The molecule has 2 N–H and O–H groups in total. The molecular weight excluding hydrogens is 286 g/mol. The fourth-order valence-corrected chi connectivity index (χ4v) is 2.87. The number of aryl methyl sites for hydroxylation is 1. The van der Waals surface area contributed by atoms with Gasteiger partial charge in [-0.2, -0.15) is 0 Å². The summed E-state index contributed by atoms with van der Waals surface area (Å²) >= 11 is 0. The Bertz CT molecular complexity index is 656. The van der Waals surface area contributed by atoms with Crippen molar-refractivity contribution in [2.24, 2.45) is 0 Å². The van der Waals surface area contributed by atoms with Crippen molar-refractivity contribution >= 4 is 11.6 Å². The van der Waals surface area contributed by atoms with Crippen LogP contribution in [0.15, 0.2) is 48.5 Å². The lowest BCUT2D eigenvalue weighted by atomic mass is 10.1. The highest BCUT2D eigenvalue weighted by molar-refractivity contribution is 5.94. The van der Waals surface area contributed by atoms with Gasteiger partial charge in [0.1, 0.15) is 0 Å². The molecule has 1 aliphatic rings. The molecule has 0 bridgehead atoms. The number of carbonyl (C=O) groups excluding carboxylic acids is 1. The van der Waals surface area contributed by atoms with E-state index in [4.69, 9.17) is 5.73 Å². The van der Waals surface area contributed by atoms with Crippen molar-refractivity contribution in [3.8, 4) is 0 Å². The van der Waals surface area contributed by atoms with E-state index >= 15 is 0 Å². The molecule has 0 spiro atoms. The van der Waals surface area contributed by atoms with Crippen LogP contribution in [-0.4, -0.2) is 41.9 Å². The Labute approximate surface area is 137 Å². The quantitative estimate of drug-likeness (QED) is 0.887. The summed E-state index contributed by atoms with van der Waals surface area (Å²) in [6, 6.07) is 15.8. The Kier molecular flexibility index (Phi) is 4.63. The number of benzene rings is 2. The standard InChI is InChI=1S/C19H23N3O/c1-15-2-6-17(7-3-15)19(23)22-12-10-21(11-13-22)14-16-4-8-18(20)9-5-16/h2-9H,10-14,20H2,1H3. The molecule has 0 radical (unpaired) electrons. The number of rotatable bonds is 3. The lowest BCUT2D eigenvalue weighted by Crippen LogP contribution is -2.48. The average molecular weight is 309 g/mol. The second kappa shape index (κ2) is 6.84. The minimum atomic E-state index is 0.136. The molecular formula is C19H23N3O. The fraction of sp³-hybridized carbons (Fsp3) is 0.316. The second-order valence-electron chi connectivity index (χ2n) is 6.18. The average Bonchev–Trinajstić information content (AvgIpc) is 2.58. The summed E-state index contributed by atoms with van der Waals surface area (Å²) in [6.45, 7) is 6.31. The molecule has 0 unspecified atom stereocenters. The molecule has 1 heterocycles. The lowest BCUT2D eigenvalue weighted by molar-refractivity contribution is 0.0628. The number of hydrogen-bond acceptors (Lipinski definition) is 3. The van der Waals surface area contributed by atoms with Crippen molar-refractivity contribution in [1.29, 1.82) is 0 Å². The van der Waals surface area contributed by atoms with Crippen LogP contribution >= 0.6 is 0 Å². The van der Waals surface area contributed by atoms with Crippen molar-refractivity contribution < 1.29 is 4.79 Å². The number of carbonyl (C=O) groups is 1. The molecule has 0 aromatic heterocycles. The highest BCUT2D eigenvalue weighted by atomic mass is 16.2. The molecule has 1 amide bonds. The molecule has 1 aliphatic heterocycles. The van der Waals surface area contributed by atoms with Gasteiger partial charge in [-0.3, -0.25) is 9.69 Å². The van der Waals surface area contributed by atoms with Gasteiger partial charge in [-0.25, -0.2) is 0 Å². The van der Waals surface area contributed by atoms with Gasteiger partial charge >= 0.3 is 0 Å². The lowest BCUT2D eigenvalue weighted by Gasteiger charge is -2.34. The monoisotopic (exact) mass is 309 g/mol. The van der Waals surface area contributed by atoms with Crippen LogP contribution in [0, 0.1) is 6.92 Å². The van der Waals surface area contributed by atoms with Crippen molar-refractivity contribution in [2.75, 3.05) is 31.9 Å². The Morgan fingerprint density at radius 3 is 2.17 bits per heavy atom. The van der Waals surface area contributed by atoms with Gasteiger partial charge in [0.15, 0.2) is 0 Å². The highest BCUT2D eigenvalue weighted by Crippen LogP contribution is 2.13. The van der Waals surface area contributed by atoms with E-state index in [1.165, 1.54) is 11.1 Å². The SMILES string of the molecule is Cc1ccc(C(=O)N2CCN(Cc3ccc(N)cc3)CC2)cc1. The summed E-state index contributed by atoms with van der Waals surface area (Å²) in [5, 5.41) is 0. The normalized spacial score (nSPS) is 15.6. The van der Waals surface area contributed by atoms with E-state index in [0.29, 0.717) is 0 Å². The van der Waals surface area contributed by atoms with Crippen molar-refractivity contribution in [1.82, 2.24) is 9.80 Å². The largest absolute Gasteiger partial charge is 0.399 e. The molecule has 0 saturated carbocycles. The number of piperazine rings is 1. The molecule has 4 nitrogen and oxygen atoms in total. The predicted molar refractivity (Wildman–Crippen MR) is 93.2 cm³/mol. The Balaban J connectivity index is 1.54. The van der Waals surface area contributed by atoms with Crippen LogP contribution in [0.1, 0.15) is 21.5 Å². The minimum absolute atomic E-state index is 0.136. The molecule has 0 atom stereocenters. The first-order valence-electron chi connectivity index (χ1n) is 8.04. The summed E-state index contributed by atoms with van der Waals surface area (Å²) in [5.74, 6) is 0.136. The van der Waals surface area contributed by atoms with Crippen LogP contribution in [0.2, 0.25) is 0 Å². The Hall–Kier alpha value is -2.33. The van der Waals surface area contributed by atoms with Crippen LogP contribution in [0.3, 0.4) is 0 Å². The fourth-order valence-electron chi connectivity index (χ4n) is 2.87. The molecule has 2 aromatic rings. The second-order valence-corrected chi connectivity index (χ2v) is 6.18. The van der Waals surface area contributed by atoms with Gasteiger partial charge in [0.2, 0.25) is 0 Å². The zero-order valence-electron chi connectivity index (χ0n) is 13.5. The first-order chi connectivity index (χ1) is 11.1. The van der Waals surface area contributed by atoms with Crippen molar-refractivity contribution in [3.63, 3.8) is 0 Å². The van der Waals surface area contributed by atoms with Gasteiger partial charge in [-0.1, -0.05) is 29.8 Å². The third-order valence-corrected chi connectivity index (χ3v) is 4.34. The topological polar surface area (TPSA) is 49.6 Å². The zero-order chi connectivity index (χ0) is 16.2. The van der Waals surface area contributed by atoms with Gasteiger partial charge in [0.05, 0.1) is 0 Å². The van der Waals surface area contributed by atoms with E-state index in [1.54, 1.807) is 0 Å². The van der Waals surface area contributed by atoms with Crippen LogP contribution in [0.4, 0.5) is 5.69 Å². The number of anilines is 1. The van der Waals surface area contributed by atoms with E-state index < -0.39 is 0 Å². The molecule has 120 valence electrons. The molecule has 23 heavy (non-hydrogen) atoms. The van der Waals surface area contributed by atoms with Crippen molar-refractivity contribution in [2.45, 2.75) is 13.5 Å². The van der Waals surface area contributed by atoms with E-state index in [-0.39, 0.29) is 5.91 Å². The number of nitrogen functional groups attached to an aromatic ring is 1. The number of amides is 1. The van der Waals surface area contributed by atoms with E-state index in [2.05, 4.69) is 17.0 Å². The smallest absolute Gasteiger partial charge is 0.253 e. The maximum atomic E-state index is 12.5. The maximum absolute atomic E-state index is 12.5. The number of nitrogens with zero attached hydrogens (tertiary/aromatic N) is 2. The predicted octanol–water partition coefficient (Wildman–Crippen LogP) is 2.54. The summed E-state index contributed by atoms with van der Waals surface area (Å²) in [4.78, 5) is 16.8. The van der Waals surface area contributed by atoms with Crippen LogP contribution in [0.25, 0.3) is 0 Å². The van der Waals surface area contributed by atoms with Gasteiger partial charge in [-0.05, 0) is 36.8 Å². The Morgan fingerprint density at radius 1 is 0.957 bits per heavy atom. The van der Waals surface area contributed by atoms with Gasteiger partial charge in [0.25, 0.3) is 5.91 Å². The third kappa shape index (κ3) is 3.90. The summed E-state index contributed by atoms with van der Waals surface area (Å²) < 4.78 is 0. The van der Waals surface area contributed by atoms with E-state index in [0.717, 1.165) is 44.0 Å². The Morgan fingerprint density at radius 2 is 1.57 bits per heavy atom. The van der Waals surface area contributed by atoms with Gasteiger partial charge in [0, 0.05) is 44.0 Å². The van der Waals surface area contributed by atoms with Crippen molar-refractivity contribution in [3.05, 3.63) is 65.2 Å². The molecule has 2 aromatic carbocycles. The molecule has 1 saturated heterocycles.